The highest BCUT2D eigenvalue weighted by atomic mass is 16.3. The molecule has 1 aliphatic heterocycles. The molecule has 5 nitrogen and oxygen atoms in total. The zero-order chi connectivity index (χ0) is 15.2. The summed E-state index contributed by atoms with van der Waals surface area (Å²) in [5, 5.41) is 12.3. The lowest BCUT2D eigenvalue weighted by Gasteiger charge is -2.28. The molecule has 0 fully saturated rings. The number of carbonyl (C=O) groups excluding carboxylic acids is 2. The Labute approximate surface area is 125 Å². The molecule has 0 radical (unpaired) electrons. The van der Waals surface area contributed by atoms with Crippen LogP contribution in [-0.2, 0) is 16.0 Å². The van der Waals surface area contributed by atoms with E-state index in [0.29, 0.717) is 12.8 Å². The molecule has 0 spiro atoms. The number of amides is 2. The van der Waals surface area contributed by atoms with Crippen LogP contribution < -0.4 is 10.2 Å². The van der Waals surface area contributed by atoms with E-state index in [1.807, 2.05) is 31.2 Å². The highest BCUT2D eigenvalue weighted by Crippen LogP contribution is 2.26. The van der Waals surface area contributed by atoms with Gasteiger partial charge < -0.3 is 15.3 Å². The molecule has 1 heterocycles. The van der Waals surface area contributed by atoms with Crippen molar-refractivity contribution in [3.63, 3.8) is 0 Å². The third-order valence-electron chi connectivity index (χ3n) is 3.65. The number of carbonyl (C=O) groups is 2. The van der Waals surface area contributed by atoms with E-state index < -0.39 is 6.10 Å². The van der Waals surface area contributed by atoms with Gasteiger partial charge in [-0.1, -0.05) is 31.5 Å². The summed E-state index contributed by atoms with van der Waals surface area (Å²) in [7, 11) is 0. The number of hydrogen-bond donors (Lipinski definition) is 2. The van der Waals surface area contributed by atoms with E-state index in [1.54, 1.807) is 0 Å². The highest BCUT2D eigenvalue weighted by Gasteiger charge is 2.25. The average molecular weight is 290 g/mol. The quantitative estimate of drug-likeness (QED) is 0.828. The largest absolute Gasteiger partial charge is 0.391 e. The van der Waals surface area contributed by atoms with Crippen LogP contribution in [-0.4, -0.2) is 36.1 Å². The van der Waals surface area contributed by atoms with Crippen LogP contribution in [0.4, 0.5) is 5.69 Å². The minimum absolute atomic E-state index is 0.00862. The second-order valence-electron chi connectivity index (χ2n) is 5.36. The first kappa shape index (κ1) is 15.5. The van der Waals surface area contributed by atoms with Crippen molar-refractivity contribution in [2.75, 3.05) is 18.0 Å². The smallest absolute Gasteiger partial charge is 0.240 e. The third kappa shape index (κ3) is 4.04. The van der Waals surface area contributed by atoms with Gasteiger partial charge in [-0.2, -0.15) is 0 Å². The molecule has 1 unspecified atom stereocenters. The number of anilines is 1. The van der Waals surface area contributed by atoms with Gasteiger partial charge in [-0.05, 0) is 24.5 Å². The number of aliphatic hydroxyl groups excluding tert-OH is 1. The zero-order valence-electron chi connectivity index (χ0n) is 12.3. The summed E-state index contributed by atoms with van der Waals surface area (Å²) >= 11 is 0. The number of benzene rings is 1. The third-order valence-corrected chi connectivity index (χ3v) is 3.65. The molecule has 1 aliphatic rings. The summed E-state index contributed by atoms with van der Waals surface area (Å²) in [6, 6.07) is 7.66. The fourth-order valence-electron chi connectivity index (χ4n) is 2.54. The molecule has 0 saturated heterocycles. The molecule has 2 amide bonds. The lowest BCUT2D eigenvalue weighted by Crippen LogP contribution is -2.44. The topological polar surface area (TPSA) is 69.6 Å². The van der Waals surface area contributed by atoms with E-state index in [1.165, 1.54) is 4.90 Å². The molecule has 1 aromatic carbocycles. The second-order valence-corrected chi connectivity index (χ2v) is 5.36. The number of para-hydroxylation sites is 1. The summed E-state index contributed by atoms with van der Waals surface area (Å²) < 4.78 is 0. The molecular weight excluding hydrogens is 268 g/mol. The lowest BCUT2D eigenvalue weighted by molar-refractivity contribution is -0.124. The van der Waals surface area contributed by atoms with Gasteiger partial charge in [-0.25, -0.2) is 0 Å². The SMILES string of the molecule is CCCC(O)CNC(=O)CN1C(=O)CCc2ccccc21. The lowest BCUT2D eigenvalue weighted by atomic mass is 10.0. The molecule has 0 saturated carbocycles. The molecule has 1 atom stereocenters. The molecule has 114 valence electrons. The van der Waals surface area contributed by atoms with E-state index >= 15 is 0 Å². The maximum Gasteiger partial charge on any atom is 0.240 e. The molecule has 21 heavy (non-hydrogen) atoms. The Morgan fingerprint density at radius 3 is 2.90 bits per heavy atom. The van der Waals surface area contributed by atoms with Crippen molar-refractivity contribution in [3.05, 3.63) is 29.8 Å². The number of nitrogens with zero attached hydrogens (tertiary/aromatic N) is 1. The van der Waals surface area contributed by atoms with Gasteiger partial charge in [0.25, 0.3) is 0 Å². The highest BCUT2D eigenvalue weighted by molar-refractivity contribution is 6.00. The summed E-state index contributed by atoms with van der Waals surface area (Å²) in [6.45, 7) is 2.22. The average Bonchev–Trinajstić information content (AvgIpc) is 2.48. The molecule has 0 bridgehead atoms. The van der Waals surface area contributed by atoms with Gasteiger partial charge in [0.1, 0.15) is 6.54 Å². The summed E-state index contributed by atoms with van der Waals surface area (Å²) in [5.74, 6) is -0.270. The van der Waals surface area contributed by atoms with E-state index in [4.69, 9.17) is 0 Å². The predicted molar refractivity (Wildman–Crippen MR) is 81.0 cm³/mol. The van der Waals surface area contributed by atoms with Gasteiger partial charge in [0, 0.05) is 18.7 Å². The molecule has 2 rings (SSSR count). The van der Waals surface area contributed by atoms with Crippen molar-refractivity contribution in [2.45, 2.75) is 38.7 Å². The first-order chi connectivity index (χ1) is 10.1. The van der Waals surface area contributed by atoms with Crippen molar-refractivity contribution in [1.29, 1.82) is 0 Å². The fraction of sp³-hybridized carbons (Fsp3) is 0.500. The standard InChI is InChI=1S/C16H22N2O3/c1-2-5-13(19)10-17-15(20)11-18-14-7-4-3-6-12(14)8-9-16(18)21/h3-4,6-7,13,19H,2,5,8-11H2,1H3,(H,17,20). The molecule has 1 aromatic rings. The maximum absolute atomic E-state index is 12.0. The zero-order valence-corrected chi connectivity index (χ0v) is 12.3. The Bertz CT molecular complexity index is 516. The minimum Gasteiger partial charge on any atom is -0.391 e. The number of rotatable bonds is 6. The Balaban J connectivity index is 1.96. The van der Waals surface area contributed by atoms with Crippen LogP contribution in [0, 0.1) is 0 Å². The second kappa shape index (κ2) is 7.22. The van der Waals surface area contributed by atoms with Crippen molar-refractivity contribution < 1.29 is 14.7 Å². The maximum atomic E-state index is 12.0. The van der Waals surface area contributed by atoms with Crippen molar-refractivity contribution in [3.8, 4) is 0 Å². The van der Waals surface area contributed by atoms with E-state index in [9.17, 15) is 14.7 Å². The van der Waals surface area contributed by atoms with E-state index in [2.05, 4.69) is 5.32 Å². The van der Waals surface area contributed by atoms with Crippen molar-refractivity contribution >= 4 is 17.5 Å². The summed E-state index contributed by atoms with van der Waals surface area (Å²) in [5.41, 5.74) is 1.91. The van der Waals surface area contributed by atoms with Gasteiger partial charge in [0.2, 0.25) is 11.8 Å². The van der Waals surface area contributed by atoms with Gasteiger partial charge in [-0.3, -0.25) is 9.59 Å². The fourth-order valence-corrected chi connectivity index (χ4v) is 2.54. The number of aryl methyl sites for hydroxylation is 1. The number of hydrogen-bond acceptors (Lipinski definition) is 3. The van der Waals surface area contributed by atoms with Crippen molar-refractivity contribution in [1.82, 2.24) is 5.32 Å². The number of fused-ring (bicyclic) bond motifs is 1. The van der Waals surface area contributed by atoms with Crippen LogP contribution in [0.25, 0.3) is 0 Å². The molecule has 5 heteroatoms. The summed E-state index contributed by atoms with van der Waals surface area (Å²) in [4.78, 5) is 25.5. The summed E-state index contributed by atoms with van der Waals surface area (Å²) in [6.07, 6.45) is 2.16. The van der Waals surface area contributed by atoms with Crippen LogP contribution >= 0.6 is 0 Å². The van der Waals surface area contributed by atoms with Gasteiger partial charge in [-0.15, -0.1) is 0 Å². The van der Waals surface area contributed by atoms with Crippen LogP contribution in [0.1, 0.15) is 31.7 Å². The minimum atomic E-state index is -0.525. The molecule has 2 N–H and O–H groups in total. The van der Waals surface area contributed by atoms with E-state index in [-0.39, 0.29) is 24.9 Å². The predicted octanol–water partition coefficient (Wildman–Crippen LogP) is 1.24. The number of nitrogens with one attached hydrogen (secondary N) is 1. The Kier molecular flexibility index (Phi) is 5.33. The van der Waals surface area contributed by atoms with Gasteiger partial charge >= 0.3 is 0 Å². The monoisotopic (exact) mass is 290 g/mol. The van der Waals surface area contributed by atoms with Crippen molar-refractivity contribution in [2.24, 2.45) is 0 Å². The van der Waals surface area contributed by atoms with Crippen LogP contribution in [0.15, 0.2) is 24.3 Å². The molecule has 0 aliphatic carbocycles. The normalized spacial score (nSPS) is 15.5. The Hall–Kier alpha value is -1.88. The molecular formula is C16H22N2O3. The van der Waals surface area contributed by atoms with E-state index in [0.717, 1.165) is 24.1 Å². The number of aliphatic hydroxyl groups is 1. The first-order valence-electron chi connectivity index (χ1n) is 7.45. The molecule has 0 aromatic heterocycles. The van der Waals surface area contributed by atoms with Crippen LogP contribution in [0.2, 0.25) is 0 Å². The van der Waals surface area contributed by atoms with Crippen LogP contribution in [0.5, 0.6) is 0 Å². The van der Waals surface area contributed by atoms with Gasteiger partial charge in [0.05, 0.1) is 6.10 Å². The van der Waals surface area contributed by atoms with Crippen LogP contribution in [0.3, 0.4) is 0 Å². The Morgan fingerprint density at radius 2 is 2.14 bits per heavy atom. The Morgan fingerprint density at radius 1 is 1.38 bits per heavy atom. The first-order valence-corrected chi connectivity index (χ1v) is 7.45. The van der Waals surface area contributed by atoms with Gasteiger partial charge in [0.15, 0.2) is 0 Å².